The van der Waals surface area contributed by atoms with Crippen LogP contribution in [0.4, 0.5) is 4.79 Å². The first kappa shape index (κ1) is 14.8. The number of imide groups is 1. The highest BCUT2D eigenvalue weighted by Gasteiger charge is 2.46. The number of rotatable bonds is 3. The van der Waals surface area contributed by atoms with Crippen molar-refractivity contribution in [1.29, 1.82) is 0 Å². The third-order valence-corrected chi connectivity index (χ3v) is 3.78. The van der Waals surface area contributed by atoms with Crippen LogP contribution in [0.1, 0.15) is 25.8 Å². The molecule has 1 aliphatic rings. The summed E-state index contributed by atoms with van der Waals surface area (Å²) in [7, 11) is 0. The van der Waals surface area contributed by atoms with Gasteiger partial charge >= 0.3 is 6.03 Å². The van der Waals surface area contributed by atoms with Crippen molar-refractivity contribution in [2.24, 2.45) is 5.10 Å². The standard InChI is InChI=1S/C13H13Cl2N3O2/c1-3-13(2)11(19)18(12(20)17-13)16-7-8-4-5-9(14)6-10(8)15/h4-7H,3H2,1-2H3,(H,17,20). The molecule has 106 valence electrons. The smallest absolute Gasteiger partial charge is 0.322 e. The van der Waals surface area contributed by atoms with E-state index in [4.69, 9.17) is 23.2 Å². The quantitative estimate of drug-likeness (QED) is 0.688. The van der Waals surface area contributed by atoms with E-state index in [2.05, 4.69) is 10.4 Å². The van der Waals surface area contributed by atoms with Crippen molar-refractivity contribution in [3.63, 3.8) is 0 Å². The molecule has 0 aliphatic carbocycles. The zero-order valence-electron chi connectivity index (χ0n) is 11.0. The number of halogens is 2. The summed E-state index contributed by atoms with van der Waals surface area (Å²) in [6.07, 6.45) is 1.85. The number of carbonyl (C=O) groups is 2. The SMILES string of the molecule is CCC1(C)NC(=O)N(N=Cc2ccc(Cl)cc2Cl)C1=O. The van der Waals surface area contributed by atoms with Gasteiger partial charge in [-0.3, -0.25) is 4.79 Å². The van der Waals surface area contributed by atoms with Gasteiger partial charge in [0.05, 0.1) is 11.2 Å². The molecule has 0 spiro atoms. The van der Waals surface area contributed by atoms with Crippen LogP contribution in [-0.4, -0.2) is 28.7 Å². The lowest BCUT2D eigenvalue weighted by molar-refractivity contribution is -0.130. The van der Waals surface area contributed by atoms with Gasteiger partial charge in [0.1, 0.15) is 5.54 Å². The third-order valence-electron chi connectivity index (χ3n) is 3.22. The maximum absolute atomic E-state index is 12.1. The second-order valence-corrected chi connectivity index (χ2v) is 5.49. The first-order valence-corrected chi connectivity index (χ1v) is 6.78. The van der Waals surface area contributed by atoms with Gasteiger partial charge in [-0.15, -0.1) is 5.01 Å². The summed E-state index contributed by atoms with van der Waals surface area (Å²) in [6.45, 7) is 3.49. The fourth-order valence-corrected chi connectivity index (χ4v) is 2.20. The molecule has 1 saturated heterocycles. The molecule has 1 aliphatic heterocycles. The fraction of sp³-hybridized carbons (Fsp3) is 0.308. The Morgan fingerprint density at radius 1 is 1.40 bits per heavy atom. The van der Waals surface area contributed by atoms with E-state index in [1.807, 2.05) is 6.92 Å². The maximum Gasteiger partial charge on any atom is 0.346 e. The molecule has 1 fully saturated rings. The second kappa shape index (κ2) is 5.42. The zero-order valence-corrected chi connectivity index (χ0v) is 12.5. The molecule has 1 heterocycles. The van der Waals surface area contributed by atoms with Gasteiger partial charge in [0.2, 0.25) is 0 Å². The monoisotopic (exact) mass is 313 g/mol. The van der Waals surface area contributed by atoms with Gasteiger partial charge < -0.3 is 5.32 Å². The van der Waals surface area contributed by atoms with Crippen LogP contribution in [-0.2, 0) is 4.79 Å². The van der Waals surface area contributed by atoms with Crippen LogP contribution >= 0.6 is 23.2 Å². The highest BCUT2D eigenvalue weighted by atomic mass is 35.5. The highest BCUT2D eigenvalue weighted by molar-refractivity contribution is 6.36. The number of nitrogens with zero attached hydrogens (tertiary/aromatic N) is 2. The van der Waals surface area contributed by atoms with Gasteiger partial charge in [-0.2, -0.15) is 5.10 Å². The predicted octanol–water partition coefficient (Wildman–Crippen LogP) is 3.05. The number of urea groups is 1. The normalized spacial score (nSPS) is 22.7. The van der Waals surface area contributed by atoms with Crippen molar-refractivity contribution in [3.8, 4) is 0 Å². The Morgan fingerprint density at radius 2 is 2.10 bits per heavy atom. The molecule has 1 unspecified atom stereocenters. The molecule has 7 heteroatoms. The van der Waals surface area contributed by atoms with E-state index in [1.54, 1.807) is 25.1 Å². The molecule has 20 heavy (non-hydrogen) atoms. The number of benzene rings is 1. The second-order valence-electron chi connectivity index (χ2n) is 4.64. The molecule has 0 aromatic heterocycles. The summed E-state index contributed by atoms with van der Waals surface area (Å²) in [6, 6.07) is 4.33. The van der Waals surface area contributed by atoms with Gasteiger partial charge in [0.15, 0.2) is 0 Å². The van der Waals surface area contributed by atoms with Crippen LogP contribution in [0.2, 0.25) is 10.0 Å². The average Bonchev–Trinajstić information content (AvgIpc) is 2.61. The van der Waals surface area contributed by atoms with Crippen molar-refractivity contribution in [2.45, 2.75) is 25.8 Å². The lowest BCUT2D eigenvalue weighted by Gasteiger charge is -2.17. The first-order valence-electron chi connectivity index (χ1n) is 6.03. The molecule has 3 amide bonds. The Hall–Kier alpha value is -1.59. The van der Waals surface area contributed by atoms with E-state index in [0.717, 1.165) is 5.01 Å². The van der Waals surface area contributed by atoms with E-state index in [0.29, 0.717) is 22.0 Å². The van der Waals surface area contributed by atoms with Crippen LogP contribution in [0.25, 0.3) is 0 Å². The summed E-state index contributed by atoms with van der Waals surface area (Å²) in [4.78, 5) is 23.8. The Morgan fingerprint density at radius 3 is 2.65 bits per heavy atom. The van der Waals surface area contributed by atoms with Crippen LogP contribution in [0.15, 0.2) is 23.3 Å². The fourth-order valence-electron chi connectivity index (χ4n) is 1.74. The number of carbonyl (C=O) groups excluding carboxylic acids is 2. The summed E-state index contributed by atoms with van der Waals surface area (Å²) < 4.78 is 0. The molecule has 0 bridgehead atoms. The number of hydrogen-bond acceptors (Lipinski definition) is 3. The zero-order chi connectivity index (χ0) is 14.9. The first-order chi connectivity index (χ1) is 9.37. The van der Waals surface area contributed by atoms with Crippen molar-refractivity contribution < 1.29 is 9.59 Å². The Labute approximate surface area is 126 Å². The number of hydrazone groups is 1. The molecule has 5 nitrogen and oxygen atoms in total. The van der Waals surface area contributed by atoms with Gasteiger partial charge in [0, 0.05) is 10.6 Å². The number of nitrogens with one attached hydrogen (secondary N) is 1. The van der Waals surface area contributed by atoms with Crippen molar-refractivity contribution in [2.75, 3.05) is 0 Å². The van der Waals surface area contributed by atoms with E-state index >= 15 is 0 Å². The minimum atomic E-state index is -0.905. The summed E-state index contributed by atoms with van der Waals surface area (Å²) in [5, 5.41) is 8.23. The summed E-state index contributed by atoms with van der Waals surface area (Å²) in [5.74, 6) is -0.383. The minimum absolute atomic E-state index is 0.383. The van der Waals surface area contributed by atoms with Crippen molar-refractivity contribution in [1.82, 2.24) is 10.3 Å². The molecule has 0 saturated carbocycles. The van der Waals surface area contributed by atoms with E-state index < -0.39 is 11.6 Å². The van der Waals surface area contributed by atoms with E-state index in [-0.39, 0.29) is 5.91 Å². The molecule has 1 aromatic carbocycles. The average molecular weight is 314 g/mol. The molecule has 1 N–H and O–H groups in total. The van der Waals surface area contributed by atoms with Gasteiger partial charge in [-0.05, 0) is 25.5 Å². The van der Waals surface area contributed by atoms with Crippen LogP contribution in [0.3, 0.4) is 0 Å². The van der Waals surface area contributed by atoms with Gasteiger partial charge in [0.25, 0.3) is 5.91 Å². The minimum Gasteiger partial charge on any atom is -0.322 e. The lowest BCUT2D eigenvalue weighted by Crippen LogP contribution is -2.42. The molecular formula is C13H13Cl2N3O2. The molecular weight excluding hydrogens is 301 g/mol. The Bertz CT molecular complexity index is 603. The Balaban J connectivity index is 2.24. The van der Waals surface area contributed by atoms with Crippen molar-refractivity contribution >= 4 is 41.4 Å². The molecule has 1 aromatic rings. The van der Waals surface area contributed by atoms with Crippen LogP contribution in [0.5, 0.6) is 0 Å². The largest absolute Gasteiger partial charge is 0.346 e. The van der Waals surface area contributed by atoms with E-state index in [9.17, 15) is 9.59 Å². The predicted molar refractivity (Wildman–Crippen MR) is 78.1 cm³/mol. The summed E-state index contributed by atoms with van der Waals surface area (Å²) >= 11 is 11.8. The summed E-state index contributed by atoms with van der Waals surface area (Å²) in [5.41, 5.74) is -0.333. The van der Waals surface area contributed by atoms with E-state index in [1.165, 1.54) is 6.21 Å². The molecule has 0 radical (unpaired) electrons. The topological polar surface area (TPSA) is 61.8 Å². The number of hydrogen-bond donors (Lipinski definition) is 1. The number of amides is 3. The van der Waals surface area contributed by atoms with Crippen LogP contribution < -0.4 is 5.32 Å². The molecule has 2 rings (SSSR count). The highest BCUT2D eigenvalue weighted by Crippen LogP contribution is 2.22. The molecule has 1 atom stereocenters. The van der Waals surface area contributed by atoms with Gasteiger partial charge in [-0.25, -0.2) is 4.79 Å². The third kappa shape index (κ3) is 2.64. The van der Waals surface area contributed by atoms with Crippen molar-refractivity contribution in [3.05, 3.63) is 33.8 Å². The lowest BCUT2D eigenvalue weighted by atomic mass is 10.00. The Kier molecular flexibility index (Phi) is 4.01. The van der Waals surface area contributed by atoms with Crippen LogP contribution in [0, 0.1) is 0 Å². The maximum atomic E-state index is 12.1. The van der Waals surface area contributed by atoms with Gasteiger partial charge in [-0.1, -0.05) is 36.2 Å².